The molecule has 9 aromatic rings. The molecule has 0 bridgehead atoms. The molecule has 436 valence electrons. The maximum atomic E-state index is 13.6. The number of nitrogens with zero attached hydrogens (tertiary/aromatic N) is 10. The Balaban J connectivity index is 0.000000217. The highest BCUT2D eigenvalue weighted by molar-refractivity contribution is 9.11. The first-order valence-electron chi connectivity index (χ1n) is 23.9. The minimum Gasteiger partial charge on any atom is -0.399 e. The molecule has 0 aliphatic rings. The zero-order valence-electron chi connectivity index (χ0n) is 44.6. The van der Waals surface area contributed by atoms with E-state index < -0.39 is 57.3 Å². The summed E-state index contributed by atoms with van der Waals surface area (Å²) in [7, 11) is -9.42. The van der Waals surface area contributed by atoms with Crippen LogP contribution in [0.4, 0.5) is 60.5 Å². The highest BCUT2D eigenvalue weighted by atomic mass is 79.9. The van der Waals surface area contributed by atoms with Gasteiger partial charge in [0.1, 0.15) is 37.0 Å². The number of aromatic nitrogens is 8. The van der Waals surface area contributed by atoms with E-state index in [1.54, 1.807) is 75.7 Å². The summed E-state index contributed by atoms with van der Waals surface area (Å²) in [6.07, 6.45) is 11.4. The molecule has 0 radical (unpaired) electrons. The summed E-state index contributed by atoms with van der Waals surface area (Å²) in [4.78, 5) is 53.2. The summed E-state index contributed by atoms with van der Waals surface area (Å²) in [6, 6.07) is 19.7. The lowest BCUT2D eigenvalue weighted by atomic mass is 10.2. The molecule has 83 heavy (non-hydrogen) atoms. The second kappa shape index (κ2) is 29.6. The molecule has 0 fully saturated rings. The average molecular weight is 1350 g/mol. The minimum absolute atomic E-state index is 0.0666. The van der Waals surface area contributed by atoms with Crippen molar-refractivity contribution in [2.24, 2.45) is 0 Å². The van der Waals surface area contributed by atoms with E-state index in [0.29, 0.717) is 71.2 Å². The molecule has 0 amide bonds. The molecule has 0 spiro atoms. The van der Waals surface area contributed by atoms with Gasteiger partial charge in [0.15, 0.2) is 0 Å². The van der Waals surface area contributed by atoms with Crippen molar-refractivity contribution in [3.05, 3.63) is 174 Å². The highest BCUT2D eigenvalue weighted by Gasteiger charge is 2.24. The van der Waals surface area contributed by atoms with Gasteiger partial charge in [-0.3, -0.25) is 44.7 Å². The van der Waals surface area contributed by atoms with Crippen LogP contribution in [-0.2, 0) is 19.2 Å². The molecule has 24 nitrogen and oxygen atoms in total. The van der Waals surface area contributed by atoms with Crippen molar-refractivity contribution in [2.75, 3.05) is 55.0 Å². The van der Waals surface area contributed by atoms with Crippen LogP contribution < -0.4 is 32.3 Å². The Kier molecular flexibility index (Phi) is 23.6. The number of benzene rings is 5. The highest BCUT2D eigenvalue weighted by Crippen LogP contribution is 2.43. The fraction of sp³-hybridized carbons (Fsp3) is 0.176. The van der Waals surface area contributed by atoms with Crippen molar-refractivity contribution in [3.63, 3.8) is 0 Å². The largest absolute Gasteiger partial charge is 0.399 e. The smallest absolute Gasteiger partial charge is 0.306 e. The summed E-state index contributed by atoms with van der Waals surface area (Å²) < 4.78 is 82.8. The monoisotopic (exact) mass is 1340 g/mol. The SMILES string of the molecule is CCCCO.CP(C)(=O)c1c(Nc2nc(Cl)ncc2Br)ccc2nccnc12.CP(C)(=O)c1c(Nc2nc(Nc3ccc(F)c([N+](=O)[O-])c3)ncc2Br)ccc2nccnc12.Cc1ccc(S(=O)(=O)O)cc1.Nc1ccc(F)c([N+](=O)[O-])c1. The molecule has 0 saturated heterocycles. The Hall–Kier alpha value is -7.62. The van der Waals surface area contributed by atoms with Gasteiger partial charge in [0, 0.05) is 67.3 Å². The molecular weight excluding hydrogens is 1300 g/mol. The van der Waals surface area contributed by atoms with Gasteiger partial charge in [0.25, 0.3) is 10.1 Å². The Bertz CT molecular complexity index is 4030. The third-order valence-electron chi connectivity index (χ3n) is 10.7. The molecule has 4 heterocycles. The van der Waals surface area contributed by atoms with Gasteiger partial charge in [-0.1, -0.05) is 31.0 Å². The van der Waals surface area contributed by atoms with Crippen molar-refractivity contribution in [2.45, 2.75) is 31.6 Å². The third kappa shape index (κ3) is 19.2. The van der Waals surface area contributed by atoms with Gasteiger partial charge >= 0.3 is 11.4 Å². The second-order valence-electron chi connectivity index (χ2n) is 17.8. The van der Waals surface area contributed by atoms with E-state index >= 15 is 0 Å². The second-order valence-corrected chi connectivity index (χ2v) is 27.6. The first kappa shape index (κ1) is 66.2. The van der Waals surface area contributed by atoms with Gasteiger partial charge in [0.05, 0.1) is 56.7 Å². The van der Waals surface area contributed by atoms with Crippen LogP contribution in [0.3, 0.4) is 0 Å². The molecule has 0 aliphatic carbocycles. The number of nitrogens with two attached hydrogens (primary N) is 1. The standard InChI is InChI=1S/C20H16BrFN7O3P.C14H12BrClN5OP.C7H8O3S.C6H5FN2O2.C4H10O/c1-33(2,32)18-15(6-5-14-17(18)24-8-7-23-14)27-19-12(21)10-25-20(28-19)26-11-3-4-13(22)16(9-11)29(30)31;1-23(2,22)12-10(4-3-9-11(12)18-6-5-17-9)20-13-8(15)7-19-14(16)21-13;1-6-2-4-7(5-3-6)11(8,9)10;7-5-2-1-4(8)3-6(5)9(10)11;1-2-3-4-5/h3-10H,1-2H3,(H2,25,26,27,28);3-7H,1-2H3,(H,19,20,21);2-5H,1H3,(H,8,9,10);1-3H,8H2;5H,2-4H2,1H3. The number of rotatable bonds is 13. The van der Waals surface area contributed by atoms with E-state index in [0.717, 1.165) is 42.7 Å². The average Bonchev–Trinajstić information content (AvgIpc) is 3.51. The predicted molar refractivity (Wildman–Crippen MR) is 325 cm³/mol. The quantitative estimate of drug-likeness (QED) is 0.0156. The van der Waals surface area contributed by atoms with Crippen LogP contribution in [0, 0.1) is 38.8 Å². The van der Waals surface area contributed by atoms with Crippen LogP contribution in [-0.4, -0.2) is 101 Å². The number of hydrogen-bond acceptors (Lipinski definition) is 21. The molecule has 5 aromatic carbocycles. The van der Waals surface area contributed by atoms with Crippen molar-refractivity contribution >= 4 is 152 Å². The molecule has 0 unspecified atom stereocenters. The molecule has 0 aliphatic heterocycles. The van der Waals surface area contributed by atoms with E-state index in [4.69, 9.17) is 27.0 Å². The summed E-state index contributed by atoms with van der Waals surface area (Å²) in [5.74, 6) is -0.866. The van der Waals surface area contributed by atoms with E-state index in [1.165, 1.54) is 36.7 Å². The van der Waals surface area contributed by atoms with Gasteiger partial charge in [-0.2, -0.15) is 27.2 Å². The molecule has 4 aromatic heterocycles. The first-order valence-corrected chi connectivity index (χ1v) is 32.5. The fourth-order valence-corrected chi connectivity index (χ4v) is 10.9. The summed E-state index contributed by atoms with van der Waals surface area (Å²) >= 11 is 12.6. The normalized spacial score (nSPS) is 11.0. The molecule has 32 heteroatoms. The predicted octanol–water partition coefficient (Wildman–Crippen LogP) is 12.1. The van der Waals surface area contributed by atoms with Crippen LogP contribution in [0.25, 0.3) is 22.1 Å². The van der Waals surface area contributed by atoms with E-state index in [1.807, 2.05) is 19.1 Å². The minimum atomic E-state index is -4.02. The van der Waals surface area contributed by atoms with E-state index in [-0.39, 0.29) is 27.5 Å². The van der Waals surface area contributed by atoms with Gasteiger partial charge in [-0.15, -0.1) is 0 Å². The lowest BCUT2D eigenvalue weighted by Gasteiger charge is -2.17. The van der Waals surface area contributed by atoms with Crippen molar-refractivity contribution in [1.29, 1.82) is 0 Å². The van der Waals surface area contributed by atoms with Gasteiger partial charge in [0.2, 0.25) is 22.9 Å². The number of fused-ring (bicyclic) bond motifs is 2. The number of hydrogen-bond donors (Lipinski definition) is 6. The van der Waals surface area contributed by atoms with Crippen LogP contribution in [0.5, 0.6) is 0 Å². The van der Waals surface area contributed by atoms with Crippen LogP contribution in [0.2, 0.25) is 5.28 Å². The Labute approximate surface area is 495 Å². The Morgan fingerprint density at radius 3 is 1.59 bits per heavy atom. The summed E-state index contributed by atoms with van der Waals surface area (Å²) in [5.41, 5.74) is 8.95. The number of aryl methyl sites for hydroxylation is 1. The van der Waals surface area contributed by atoms with Gasteiger partial charge < -0.3 is 35.9 Å². The number of unbranched alkanes of at least 4 members (excludes halogenated alkanes) is 1. The van der Waals surface area contributed by atoms with Crippen LogP contribution in [0.1, 0.15) is 25.3 Å². The number of nitro groups is 2. The van der Waals surface area contributed by atoms with E-state index in [2.05, 4.69) is 94.6 Å². The number of halogens is 5. The van der Waals surface area contributed by atoms with Crippen molar-refractivity contribution in [3.8, 4) is 0 Å². The summed E-state index contributed by atoms with van der Waals surface area (Å²) in [5, 5.41) is 39.6. The third-order valence-corrected chi connectivity index (χ3v) is 15.9. The first-order chi connectivity index (χ1) is 39.0. The summed E-state index contributed by atoms with van der Waals surface area (Å²) in [6.45, 7) is 10.9. The number of aliphatic hydroxyl groups excluding tert-OH is 1. The zero-order chi connectivity index (χ0) is 61.4. The van der Waals surface area contributed by atoms with Gasteiger partial charge in [-0.05, 0) is 144 Å². The maximum Gasteiger partial charge on any atom is 0.306 e. The Morgan fingerprint density at radius 2 is 1.14 bits per heavy atom. The van der Waals surface area contributed by atoms with Crippen molar-refractivity contribution < 1.29 is 45.8 Å². The molecule has 7 N–H and O–H groups in total. The molecule has 9 rings (SSSR count). The maximum absolute atomic E-state index is 13.6. The molecular formula is C51H51Br2ClF2N14O10P2S. The topological polar surface area (TPSA) is 360 Å². The zero-order valence-corrected chi connectivity index (χ0v) is 51.1. The Morgan fingerprint density at radius 1 is 0.675 bits per heavy atom. The lowest BCUT2D eigenvalue weighted by molar-refractivity contribution is -0.387. The van der Waals surface area contributed by atoms with Gasteiger partial charge in [-0.25, -0.2) is 9.97 Å². The van der Waals surface area contributed by atoms with Crippen molar-refractivity contribution in [1.82, 2.24) is 39.9 Å². The number of nitrogen functional groups attached to an aromatic ring is 1. The number of nitrogens with one attached hydrogen (secondary N) is 3. The number of anilines is 7. The van der Waals surface area contributed by atoms with E-state index in [9.17, 15) is 46.6 Å². The molecule has 0 saturated carbocycles. The molecule has 0 atom stereocenters. The number of aliphatic hydroxyl groups is 1. The fourth-order valence-electron chi connectivity index (χ4n) is 6.94. The number of nitro benzene ring substituents is 2. The van der Waals surface area contributed by atoms with Crippen LogP contribution in [0.15, 0.2) is 136 Å². The lowest BCUT2D eigenvalue weighted by Crippen LogP contribution is -2.14. The van der Waals surface area contributed by atoms with Crippen LogP contribution >= 0.6 is 57.7 Å².